The highest BCUT2D eigenvalue weighted by molar-refractivity contribution is 5.99. The average Bonchev–Trinajstić information content (AvgIpc) is 3.02. The molecule has 2 heterocycles. The first-order chi connectivity index (χ1) is 12.1. The number of nitrogens with one attached hydrogen (secondary N) is 2. The molecule has 1 aromatic heterocycles. The van der Waals surface area contributed by atoms with Gasteiger partial charge < -0.3 is 14.6 Å². The molecule has 2 amide bonds. The normalized spacial score (nSPS) is 16.2. The van der Waals surface area contributed by atoms with Gasteiger partial charge in [0.15, 0.2) is 6.10 Å². The maximum Gasteiger partial charge on any atom is 0.269 e. The summed E-state index contributed by atoms with van der Waals surface area (Å²) in [6, 6.07) is 14.7. The van der Waals surface area contributed by atoms with Crippen LogP contribution in [0.15, 0.2) is 48.5 Å². The van der Waals surface area contributed by atoms with Gasteiger partial charge in [-0.25, -0.2) is 4.98 Å². The van der Waals surface area contributed by atoms with Crippen molar-refractivity contribution in [2.24, 2.45) is 0 Å². The molecule has 4 rings (SSSR count). The van der Waals surface area contributed by atoms with E-state index < -0.39 is 6.10 Å². The zero-order chi connectivity index (χ0) is 17.4. The number of fused-ring (bicyclic) bond motifs is 2. The van der Waals surface area contributed by atoms with Gasteiger partial charge >= 0.3 is 0 Å². The van der Waals surface area contributed by atoms with E-state index in [0.29, 0.717) is 17.4 Å². The van der Waals surface area contributed by atoms with E-state index in [2.05, 4.69) is 15.3 Å². The molecule has 1 aliphatic rings. The number of nitrogens with zero attached hydrogens (tertiary/aromatic N) is 2. The van der Waals surface area contributed by atoms with Crippen molar-refractivity contribution in [3.05, 3.63) is 48.5 Å². The fraction of sp³-hybridized carbons (Fsp3) is 0.167. The Hall–Kier alpha value is -3.35. The SMILES string of the molecule is CC(=O)N1CC(C(=O)Nc2nc3ccccc3[nH]2)Oc2ccccc21. The molecule has 126 valence electrons. The van der Waals surface area contributed by atoms with E-state index in [4.69, 9.17) is 4.74 Å². The summed E-state index contributed by atoms with van der Waals surface area (Å²) in [7, 11) is 0. The number of rotatable bonds is 2. The van der Waals surface area contributed by atoms with E-state index in [0.717, 1.165) is 11.0 Å². The van der Waals surface area contributed by atoms with E-state index in [-0.39, 0.29) is 18.4 Å². The Labute approximate surface area is 143 Å². The fourth-order valence-electron chi connectivity index (χ4n) is 2.88. The number of aromatic amines is 1. The zero-order valence-electron chi connectivity index (χ0n) is 13.5. The summed E-state index contributed by atoms with van der Waals surface area (Å²) in [5.74, 6) is 0.355. The van der Waals surface area contributed by atoms with Gasteiger partial charge in [0, 0.05) is 6.92 Å². The van der Waals surface area contributed by atoms with Crippen LogP contribution in [0.25, 0.3) is 11.0 Å². The van der Waals surface area contributed by atoms with Crippen molar-refractivity contribution in [2.75, 3.05) is 16.8 Å². The van der Waals surface area contributed by atoms with Crippen molar-refractivity contribution in [1.82, 2.24) is 9.97 Å². The second-order valence-corrected chi connectivity index (χ2v) is 5.80. The van der Waals surface area contributed by atoms with Crippen LogP contribution >= 0.6 is 0 Å². The first kappa shape index (κ1) is 15.2. The number of carbonyl (C=O) groups is 2. The number of H-pyrrole nitrogens is 1. The lowest BCUT2D eigenvalue weighted by molar-refractivity contribution is -0.123. The number of imidazole rings is 1. The number of carbonyl (C=O) groups excluding carboxylic acids is 2. The van der Waals surface area contributed by atoms with E-state index in [1.807, 2.05) is 30.3 Å². The highest BCUT2D eigenvalue weighted by Gasteiger charge is 2.32. The van der Waals surface area contributed by atoms with Crippen LogP contribution in [-0.2, 0) is 9.59 Å². The standard InChI is InChI=1S/C18H16N4O3/c1-11(23)22-10-16(25-15-9-5-4-8-14(15)22)17(24)21-18-19-12-6-2-3-7-13(12)20-18/h2-9,16H,10H2,1H3,(H2,19,20,21,24). The van der Waals surface area contributed by atoms with E-state index >= 15 is 0 Å². The van der Waals surface area contributed by atoms with E-state index in [9.17, 15) is 9.59 Å². The Morgan fingerprint density at radius 1 is 1.20 bits per heavy atom. The number of aromatic nitrogens is 2. The van der Waals surface area contributed by atoms with Gasteiger partial charge in [-0.15, -0.1) is 0 Å². The number of para-hydroxylation sites is 4. The minimum atomic E-state index is -0.813. The van der Waals surface area contributed by atoms with Crippen LogP contribution in [0.2, 0.25) is 0 Å². The Balaban J connectivity index is 1.57. The zero-order valence-corrected chi connectivity index (χ0v) is 13.5. The highest BCUT2D eigenvalue weighted by atomic mass is 16.5. The second kappa shape index (κ2) is 5.94. The lowest BCUT2D eigenvalue weighted by Gasteiger charge is -2.33. The Morgan fingerprint density at radius 2 is 1.96 bits per heavy atom. The maximum atomic E-state index is 12.6. The first-order valence-electron chi connectivity index (χ1n) is 7.91. The monoisotopic (exact) mass is 336 g/mol. The second-order valence-electron chi connectivity index (χ2n) is 5.80. The summed E-state index contributed by atoms with van der Waals surface area (Å²) >= 11 is 0. The van der Waals surface area contributed by atoms with Gasteiger partial charge in [-0.05, 0) is 24.3 Å². The number of hydrogen-bond donors (Lipinski definition) is 2. The minimum Gasteiger partial charge on any atom is -0.476 e. The van der Waals surface area contributed by atoms with Crippen molar-refractivity contribution < 1.29 is 14.3 Å². The van der Waals surface area contributed by atoms with Gasteiger partial charge in [-0.3, -0.25) is 14.9 Å². The van der Waals surface area contributed by atoms with Crippen molar-refractivity contribution >= 4 is 34.5 Å². The third kappa shape index (κ3) is 2.80. The van der Waals surface area contributed by atoms with Crippen LogP contribution in [0, 0.1) is 0 Å². The lowest BCUT2D eigenvalue weighted by atomic mass is 10.2. The molecule has 0 aliphatic carbocycles. The largest absolute Gasteiger partial charge is 0.476 e. The molecule has 0 saturated heterocycles. The van der Waals surface area contributed by atoms with Gasteiger partial charge in [0.25, 0.3) is 5.91 Å². The predicted molar refractivity (Wildman–Crippen MR) is 93.6 cm³/mol. The summed E-state index contributed by atoms with van der Waals surface area (Å²) in [6.07, 6.45) is -0.813. The van der Waals surface area contributed by atoms with Crippen LogP contribution < -0.4 is 15.0 Å². The average molecular weight is 336 g/mol. The molecule has 7 heteroatoms. The summed E-state index contributed by atoms with van der Waals surface area (Å²) in [4.78, 5) is 33.4. The van der Waals surface area contributed by atoms with Crippen molar-refractivity contribution in [1.29, 1.82) is 0 Å². The van der Waals surface area contributed by atoms with Gasteiger partial charge in [0.05, 0.1) is 23.3 Å². The quantitative estimate of drug-likeness (QED) is 0.752. The van der Waals surface area contributed by atoms with Crippen LogP contribution in [0.4, 0.5) is 11.6 Å². The maximum absolute atomic E-state index is 12.6. The summed E-state index contributed by atoms with van der Waals surface area (Å²) in [5, 5.41) is 2.72. The van der Waals surface area contributed by atoms with Crippen molar-refractivity contribution in [2.45, 2.75) is 13.0 Å². The molecule has 0 radical (unpaired) electrons. The van der Waals surface area contributed by atoms with Crippen LogP contribution in [0.5, 0.6) is 5.75 Å². The third-order valence-corrected chi connectivity index (χ3v) is 4.08. The van der Waals surface area contributed by atoms with Crippen molar-refractivity contribution in [3.8, 4) is 5.75 Å². The minimum absolute atomic E-state index is 0.141. The fourth-order valence-corrected chi connectivity index (χ4v) is 2.88. The van der Waals surface area contributed by atoms with Crippen LogP contribution in [-0.4, -0.2) is 34.4 Å². The Kier molecular flexibility index (Phi) is 3.61. The Bertz CT molecular complexity index is 933. The number of anilines is 2. The van der Waals surface area contributed by atoms with E-state index in [1.54, 1.807) is 23.1 Å². The first-order valence-corrected chi connectivity index (χ1v) is 7.91. The smallest absolute Gasteiger partial charge is 0.269 e. The summed E-state index contributed by atoms with van der Waals surface area (Å²) in [5.41, 5.74) is 2.26. The van der Waals surface area contributed by atoms with E-state index in [1.165, 1.54) is 6.92 Å². The summed E-state index contributed by atoms with van der Waals surface area (Å²) in [6.45, 7) is 1.62. The lowest BCUT2D eigenvalue weighted by Crippen LogP contribution is -2.48. The molecular weight excluding hydrogens is 320 g/mol. The van der Waals surface area contributed by atoms with Gasteiger partial charge in [-0.1, -0.05) is 24.3 Å². The highest BCUT2D eigenvalue weighted by Crippen LogP contribution is 2.33. The number of ether oxygens (including phenoxy) is 1. The molecule has 2 N–H and O–H groups in total. The topological polar surface area (TPSA) is 87.3 Å². The number of hydrogen-bond acceptors (Lipinski definition) is 4. The molecule has 1 aliphatic heterocycles. The molecule has 0 bridgehead atoms. The van der Waals surface area contributed by atoms with Gasteiger partial charge in [-0.2, -0.15) is 0 Å². The molecule has 25 heavy (non-hydrogen) atoms. The molecule has 2 aromatic carbocycles. The third-order valence-electron chi connectivity index (χ3n) is 4.08. The summed E-state index contributed by atoms with van der Waals surface area (Å²) < 4.78 is 5.77. The number of amides is 2. The van der Waals surface area contributed by atoms with Crippen molar-refractivity contribution in [3.63, 3.8) is 0 Å². The van der Waals surface area contributed by atoms with Gasteiger partial charge in [0.1, 0.15) is 5.75 Å². The predicted octanol–water partition coefficient (Wildman–Crippen LogP) is 2.32. The molecule has 1 atom stereocenters. The Morgan fingerprint density at radius 3 is 2.76 bits per heavy atom. The number of benzene rings is 2. The molecular formula is C18H16N4O3. The molecule has 3 aromatic rings. The van der Waals surface area contributed by atoms with Crippen LogP contribution in [0.3, 0.4) is 0 Å². The molecule has 0 fully saturated rings. The van der Waals surface area contributed by atoms with Gasteiger partial charge in [0.2, 0.25) is 11.9 Å². The molecule has 0 spiro atoms. The molecule has 0 saturated carbocycles. The molecule has 7 nitrogen and oxygen atoms in total. The van der Waals surface area contributed by atoms with Crippen LogP contribution in [0.1, 0.15) is 6.92 Å². The molecule has 1 unspecified atom stereocenters.